The minimum atomic E-state index is -0.895. The third-order valence-corrected chi connectivity index (χ3v) is 1.50. The molecule has 0 amide bonds. The van der Waals surface area contributed by atoms with Crippen LogP contribution in [0.2, 0.25) is 0 Å². The molecule has 2 unspecified atom stereocenters. The molecule has 0 rings (SSSR count). The second kappa shape index (κ2) is 7.34. The van der Waals surface area contributed by atoms with Gasteiger partial charge in [0.15, 0.2) is 0 Å². The lowest BCUT2D eigenvalue weighted by molar-refractivity contribution is -0.139. The van der Waals surface area contributed by atoms with Gasteiger partial charge in [-0.3, -0.25) is 4.79 Å². The van der Waals surface area contributed by atoms with Gasteiger partial charge >= 0.3 is 5.97 Å². The molecule has 0 fully saturated rings. The molecule has 0 aromatic rings. The molecule has 0 aromatic heterocycles. The van der Waals surface area contributed by atoms with Gasteiger partial charge in [0.25, 0.3) is 0 Å². The maximum absolute atomic E-state index is 10.3. The molecule has 12 heavy (non-hydrogen) atoms. The maximum Gasteiger partial charge on any atom is 0.320 e. The van der Waals surface area contributed by atoms with E-state index in [1.807, 2.05) is 6.92 Å². The van der Waals surface area contributed by atoms with Crippen LogP contribution in [0.25, 0.3) is 0 Å². The number of aliphatic hydroxyl groups is 1. The number of nitrogens with one attached hydrogen (secondary N) is 1. The summed E-state index contributed by atoms with van der Waals surface area (Å²) in [5.74, 6) is -0.895. The minimum Gasteiger partial charge on any atom is -0.480 e. The van der Waals surface area contributed by atoms with Gasteiger partial charge in [-0.25, -0.2) is 0 Å². The number of hydrogen-bond acceptors (Lipinski definition) is 3. The summed E-state index contributed by atoms with van der Waals surface area (Å²) in [4.78, 5) is 10.3. The van der Waals surface area contributed by atoms with E-state index < -0.39 is 18.1 Å². The van der Waals surface area contributed by atoms with Crippen molar-refractivity contribution in [2.24, 2.45) is 0 Å². The van der Waals surface area contributed by atoms with Crippen LogP contribution in [-0.2, 0) is 4.79 Å². The quantitative estimate of drug-likeness (QED) is 0.591. The van der Waals surface area contributed by atoms with Crippen molar-refractivity contribution in [3.05, 3.63) is 0 Å². The van der Waals surface area contributed by atoms with Gasteiger partial charge in [0.1, 0.15) is 6.04 Å². The predicted octanol–water partition coefficient (Wildman–Crippen LogP) is 0.242. The zero-order valence-electron chi connectivity index (χ0n) is 7.28. The van der Waals surface area contributed by atoms with E-state index in [9.17, 15) is 4.79 Å². The van der Waals surface area contributed by atoms with Crippen molar-refractivity contribution in [3.63, 3.8) is 0 Å². The summed E-state index contributed by atoms with van der Waals surface area (Å²) in [6.45, 7) is 3.73. The predicted molar refractivity (Wildman–Crippen MR) is 48.6 cm³/mol. The molecule has 0 aromatic carbocycles. The normalized spacial score (nSPS) is 14.6. The van der Waals surface area contributed by atoms with Crippen molar-refractivity contribution < 1.29 is 15.0 Å². The van der Waals surface area contributed by atoms with E-state index >= 15 is 0 Å². The Morgan fingerprint density at radius 1 is 1.58 bits per heavy atom. The SMILES string of the molecule is CCC(O)CNC(C)C(=O)O.Cl. The van der Waals surface area contributed by atoms with Gasteiger partial charge in [-0.05, 0) is 13.3 Å². The molecule has 0 aliphatic carbocycles. The zero-order chi connectivity index (χ0) is 8.85. The molecule has 4 nitrogen and oxygen atoms in total. The third kappa shape index (κ3) is 6.39. The lowest BCUT2D eigenvalue weighted by Gasteiger charge is -2.11. The Kier molecular flexibility index (Phi) is 8.69. The summed E-state index contributed by atoms with van der Waals surface area (Å²) >= 11 is 0. The van der Waals surface area contributed by atoms with Crippen molar-refractivity contribution in [2.75, 3.05) is 6.54 Å². The van der Waals surface area contributed by atoms with Gasteiger partial charge < -0.3 is 15.5 Å². The molecule has 2 atom stereocenters. The smallest absolute Gasteiger partial charge is 0.320 e. The molecule has 3 N–H and O–H groups in total. The van der Waals surface area contributed by atoms with Crippen molar-refractivity contribution in [1.82, 2.24) is 5.32 Å². The Balaban J connectivity index is 0. The van der Waals surface area contributed by atoms with E-state index in [1.165, 1.54) is 0 Å². The van der Waals surface area contributed by atoms with E-state index in [1.54, 1.807) is 6.92 Å². The highest BCUT2D eigenvalue weighted by Gasteiger charge is 2.10. The lowest BCUT2D eigenvalue weighted by atomic mass is 10.2. The number of hydrogen-bond donors (Lipinski definition) is 3. The fourth-order valence-corrected chi connectivity index (χ4v) is 0.544. The molecule has 74 valence electrons. The fraction of sp³-hybridized carbons (Fsp3) is 0.857. The number of aliphatic hydroxyl groups excluding tert-OH is 1. The highest BCUT2D eigenvalue weighted by molar-refractivity contribution is 5.85. The second-order valence-electron chi connectivity index (χ2n) is 2.53. The molecule has 0 radical (unpaired) electrons. The molecule has 0 saturated heterocycles. The van der Waals surface area contributed by atoms with Crippen LogP contribution >= 0.6 is 12.4 Å². The summed E-state index contributed by atoms with van der Waals surface area (Å²) in [5.41, 5.74) is 0. The second-order valence-corrected chi connectivity index (χ2v) is 2.53. The lowest BCUT2D eigenvalue weighted by Crippen LogP contribution is -2.38. The number of carbonyl (C=O) groups is 1. The van der Waals surface area contributed by atoms with Crippen LogP contribution in [0.4, 0.5) is 0 Å². The fourth-order valence-electron chi connectivity index (χ4n) is 0.544. The van der Waals surface area contributed by atoms with Gasteiger partial charge in [0.2, 0.25) is 0 Å². The molecule has 0 bridgehead atoms. The molecular formula is C7H16ClNO3. The molecule has 0 aliphatic rings. The topological polar surface area (TPSA) is 69.6 Å². The van der Waals surface area contributed by atoms with Gasteiger partial charge in [-0.2, -0.15) is 0 Å². The van der Waals surface area contributed by atoms with E-state index in [4.69, 9.17) is 10.2 Å². The van der Waals surface area contributed by atoms with E-state index in [2.05, 4.69) is 5.32 Å². The maximum atomic E-state index is 10.3. The minimum absolute atomic E-state index is 0. The number of carboxylic acid groups (broad SMARTS) is 1. The van der Waals surface area contributed by atoms with Crippen LogP contribution in [0, 0.1) is 0 Å². The molecule has 5 heteroatoms. The average Bonchev–Trinajstić information content (AvgIpc) is 1.99. The molecule has 0 heterocycles. The molecular weight excluding hydrogens is 182 g/mol. The molecule has 0 spiro atoms. The van der Waals surface area contributed by atoms with Gasteiger partial charge in [-0.1, -0.05) is 6.92 Å². The molecule has 0 saturated carbocycles. The first-order valence-corrected chi connectivity index (χ1v) is 3.72. The summed E-state index contributed by atoms with van der Waals surface area (Å²) < 4.78 is 0. The molecule has 0 aliphatic heterocycles. The van der Waals surface area contributed by atoms with E-state index in [0.717, 1.165) is 0 Å². The first kappa shape index (κ1) is 14.2. The summed E-state index contributed by atoms with van der Waals surface area (Å²) in [6, 6.07) is -0.587. The van der Waals surface area contributed by atoms with Crippen molar-refractivity contribution >= 4 is 18.4 Å². The third-order valence-electron chi connectivity index (χ3n) is 1.50. The van der Waals surface area contributed by atoms with Crippen LogP contribution in [0.1, 0.15) is 20.3 Å². The highest BCUT2D eigenvalue weighted by Crippen LogP contribution is 1.88. The van der Waals surface area contributed by atoms with Gasteiger partial charge in [0.05, 0.1) is 6.10 Å². The van der Waals surface area contributed by atoms with E-state index in [-0.39, 0.29) is 12.4 Å². The Morgan fingerprint density at radius 3 is 2.42 bits per heavy atom. The largest absolute Gasteiger partial charge is 0.480 e. The van der Waals surface area contributed by atoms with Crippen LogP contribution in [0.15, 0.2) is 0 Å². The van der Waals surface area contributed by atoms with Crippen LogP contribution in [-0.4, -0.2) is 34.9 Å². The number of aliphatic carboxylic acids is 1. The standard InChI is InChI=1S/C7H15NO3.ClH/c1-3-6(9)4-8-5(2)7(10)11;/h5-6,8-9H,3-4H2,1-2H3,(H,10,11);1H. The van der Waals surface area contributed by atoms with Crippen molar-refractivity contribution in [2.45, 2.75) is 32.4 Å². The Hall–Kier alpha value is -0.320. The van der Waals surface area contributed by atoms with Crippen molar-refractivity contribution in [3.8, 4) is 0 Å². The van der Waals surface area contributed by atoms with Gasteiger partial charge in [0, 0.05) is 6.54 Å². The summed E-state index contributed by atoms with van der Waals surface area (Å²) in [6.07, 6.45) is 0.191. The first-order valence-electron chi connectivity index (χ1n) is 3.72. The average molecular weight is 198 g/mol. The number of carboxylic acids is 1. The Labute approximate surface area is 78.4 Å². The van der Waals surface area contributed by atoms with Crippen LogP contribution in [0.5, 0.6) is 0 Å². The van der Waals surface area contributed by atoms with Crippen molar-refractivity contribution in [1.29, 1.82) is 0 Å². The monoisotopic (exact) mass is 197 g/mol. The highest BCUT2D eigenvalue weighted by atomic mass is 35.5. The van der Waals surface area contributed by atoms with E-state index in [0.29, 0.717) is 13.0 Å². The Morgan fingerprint density at radius 2 is 2.08 bits per heavy atom. The van der Waals surface area contributed by atoms with Gasteiger partial charge in [-0.15, -0.1) is 12.4 Å². The number of halogens is 1. The summed E-state index contributed by atoms with van der Waals surface area (Å²) in [5, 5.41) is 20.1. The number of rotatable bonds is 5. The Bertz CT molecular complexity index is 132. The zero-order valence-corrected chi connectivity index (χ0v) is 8.10. The first-order chi connectivity index (χ1) is 5.07. The summed E-state index contributed by atoms with van der Waals surface area (Å²) in [7, 11) is 0. The van der Waals surface area contributed by atoms with Crippen LogP contribution < -0.4 is 5.32 Å². The van der Waals surface area contributed by atoms with Crippen LogP contribution in [0.3, 0.4) is 0 Å².